The number of rotatable bonds is 8. The Balaban J connectivity index is 1.41. The highest BCUT2D eigenvalue weighted by Gasteiger charge is 2.16. The summed E-state index contributed by atoms with van der Waals surface area (Å²) in [7, 11) is 0. The van der Waals surface area contributed by atoms with Crippen molar-refractivity contribution >= 4 is 0 Å². The summed E-state index contributed by atoms with van der Waals surface area (Å²) in [5.41, 5.74) is 6.87. The number of nitrogens with zero attached hydrogens (tertiary/aromatic N) is 3. The molecule has 0 amide bonds. The normalized spacial score (nSPS) is 11.1. The lowest BCUT2D eigenvalue weighted by atomic mass is 9.91. The zero-order valence-corrected chi connectivity index (χ0v) is 18.4. The third kappa shape index (κ3) is 4.92. The van der Waals surface area contributed by atoms with Gasteiger partial charge in [0.2, 0.25) is 0 Å². The summed E-state index contributed by atoms with van der Waals surface area (Å²) in [6, 6.07) is 35.6. The summed E-state index contributed by atoms with van der Waals surface area (Å²) < 4.78 is 1.96. The van der Waals surface area contributed by atoms with Gasteiger partial charge in [0.15, 0.2) is 0 Å². The van der Waals surface area contributed by atoms with Crippen molar-refractivity contribution in [2.24, 2.45) is 0 Å². The van der Waals surface area contributed by atoms with E-state index in [2.05, 4.69) is 89.3 Å². The number of para-hydroxylation sites is 1. The minimum Gasteiger partial charge on any atom is -0.312 e. The highest BCUT2D eigenvalue weighted by molar-refractivity contribution is 5.62. The molecule has 0 unspecified atom stereocenters. The van der Waals surface area contributed by atoms with Gasteiger partial charge in [0.25, 0.3) is 0 Å². The second kappa shape index (κ2) is 10.1. The van der Waals surface area contributed by atoms with E-state index >= 15 is 0 Å². The Morgan fingerprint density at radius 3 is 1.88 bits per heavy atom. The molecule has 0 fully saturated rings. The zero-order chi connectivity index (χ0) is 22.3. The predicted octanol–water partition coefficient (Wildman–Crippen LogP) is 5.86. The molecule has 0 atom stereocenters. The fraction of sp³-hybridized carbons (Fsp3) is 0.103. The first-order valence-corrected chi connectivity index (χ1v) is 11.2. The van der Waals surface area contributed by atoms with Crippen LogP contribution in [-0.2, 0) is 6.54 Å². The van der Waals surface area contributed by atoms with Gasteiger partial charge in [0, 0.05) is 48.7 Å². The van der Waals surface area contributed by atoms with Gasteiger partial charge in [-0.05, 0) is 35.4 Å². The molecule has 4 nitrogen and oxygen atoms in total. The van der Waals surface area contributed by atoms with E-state index in [4.69, 9.17) is 5.10 Å². The second-order valence-corrected chi connectivity index (χ2v) is 8.02. The number of hydrogen-bond acceptors (Lipinski definition) is 3. The maximum atomic E-state index is 4.91. The Labute approximate surface area is 194 Å². The van der Waals surface area contributed by atoms with Crippen molar-refractivity contribution in [3.05, 3.63) is 138 Å². The van der Waals surface area contributed by atoms with Gasteiger partial charge in [-0.2, -0.15) is 5.10 Å². The van der Waals surface area contributed by atoms with Gasteiger partial charge in [0.05, 0.1) is 11.4 Å². The van der Waals surface area contributed by atoms with Crippen LogP contribution in [0.2, 0.25) is 0 Å². The first-order chi connectivity index (χ1) is 16.4. The minimum absolute atomic E-state index is 0.279. The van der Waals surface area contributed by atoms with Crippen LogP contribution >= 0.6 is 0 Å². The molecule has 0 bridgehead atoms. The molecule has 4 heteroatoms. The number of benzene rings is 3. The van der Waals surface area contributed by atoms with Crippen molar-refractivity contribution in [1.29, 1.82) is 0 Å². The number of pyridine rings is 1. The molecular weight excluding hydrogens is 404 g/mol. The predicted molar refractivity (Wildman–Crippen MR) is 133 cm³/mol. The fourth-order valence-corrected chi connectivity index (χ4v) is 4.15. The van der Waals surface area contributed by atoms with E-state index in [9.17, 15) is 0 Å². The molecule has 5 aromatic rings. The molecule has 162 valence electrons. The van der Waals surface area contributed by atoms with Crippen LogP contribution in [0.3, 0.4) is 0 Å². The molecule has 0 saturated heterocycles. The molecule has 2 aromatic heterocycles. The molecule has 0 aliphatic heterocycles. The van der Waals surface area contributed by atoms with Gasteiger partial charge >= 0.3 is 0 Å². The lowest BCUT2D eigenvalue weighted by molar-refractivity contribution is 0.636. The summed E-state index contributed by atoms with van der Waals surface area (Å²) in [4.78, 5) is 4.17. The topological polar surface area (TPSA) is 42.7 Å². The summed E-state index contributed by atoms with van der Waals surface area (Å²) in [6.07, 6.45) is 5.75. The molecule has 3 aromatic carbocycles. The zero-order valence-electron chi connectivity index (χ0n) is 18.4. The van der Waals surface area contributed by atoms with Gasteiger partial charge in [0.1, 0.15) is 0 Å². The van der Waals surface area contributed by atoms with Gasteiger partial charge in [-0.15, -0.1) is 0 Å². The maximum absolute atomic E-state index is 4.91. The van der Waals surface area contributed by atoms with Crippen molar-refractivity contribution in [2.75, 3.05) is 6.54 Å². The third-order valence-electron chi connectivity index (χ3n) is 5.83. The lowest BCUT2D eigenvalue weighted by Crippen LogP contribution is -2.22. The minimum atomic E-state index is 0.279. The molecule has 0 aliphatic rings. The summed E-state index contributed by atoms with van der Waals surface area (Å²) in [5.74, 6) is 0.279. The average molecular weight is 431 g/mol. The van der Waals surface area contributed by atoms with E-state index in [-0.39, 0.29) is 5.92 Å². The van der Waals surface area contributed by atoms with E-state index in [1.54, 1.807) is 0 Å². The lowest BCUT2D eigenvalue weighted by Gasteiger charge is -2.19. The fourth-order valence-electron chi connectivity index (χ4n) is 4.15. The smallest absolute Gasteiger partial charge is 0.0973 e. The summed E-state index contributed by atoms with van der Waals surface area (Å²) in [5, 5.41) is 8.62. The van der Waals surface area contributed by atoms with Gasteiger partial charge < -0.3 is 5.32 Å². The maximum Gasteiger partial charge on any atom is 0.0973 e. The Kier molecular flexibility index (Phi) is 6.36. The van der Waals surface area contributed by atoms with Crippen molar-refractivity contribution in [2.45, 2.75) is 12.5 Å². The quantitative estimate of drug-likeness (QED) is 0.335. The van der Waals surface area contributed by atoms with E-state index in [0.717, 1.165) is 35.6 Å². The van der Waals surface area contributed by atoms with Crippen LogP contribution in [0.25, 0.3) is 16.9 Å². The van der Waals surface area contributed by atoms with Crippen LogP contribution in [0.4, 0.5) is 0 Å². The van der Waals surface area contributed by atoms with Crippen LogP contribution in [-0.4, -0.2) is 21.3 Å². The highest BCUT2D eigenvalue weighted by Crippen LogP contribution is 2.26. The van der Waals surface area contributed by atoms with Crippen molar-refractivity contribution in [3.8, 4) is 16.9 Å². The molecule has 2 heterocycles. The van der Waals surface area contributed by atoms with E-state index in [1.807, 2.05) is 47.4 Å². The van der Waals surface area contributed by atoms with E-state index < -0.39 is 0 Å². The first-order valence-electron chi connectivity index (χ1n) is 11.2. The number of hydrogen-bond donors (Lipinski definition) is 1. The van der Waals surface area contributed by atoms with Crippen molar-refractivity contribution < 1.29 is 0 Å². The standard InChI is InChI=1S/C29H26N4/c1-4-10-23(11-5-1)28(24-12-6-2-7-13-24)21-31-20-26-22-33(27-14-8-3-9-15-27)32-29(26)25-16-18-30-19-17-25/h1-19,22,28,31H,20-21H2. The van der Waals surface area contributed by atoms with Gasteiger partial charge in [-0.25, -0.2) is 4.68 Å². The highest BCUT2D eigenvalue weighted by atomic mass is 15.3. The number of aromatic nitrogens is 3. The third-order valence-corrected chi connectivity index (χ3v) is 5.83. The molecule has 33 heavy (non-hydrogen) atoms. The number of nitrogens with one attached hydrogen (secondary N) is 1. The molecule has 0 radical (unpaired) electrons. The summed E-state index contributed by atoms with van der Waals surface area (Å²) >= 11 is 0. The van der Waals surface area contributed by atoms with E-state index in [1.165, 1.54) is 11.1 Å². The molecule has 0 saturated carbocycles. The Morgan fingerprint density at radius 1 is 0.697 bits per heavy atom. The van der Waals surface area contributed by atoms with Crippen LogP contribution in [0, 0.1) is 0 Å². The Bertz CT molecular complexity index is 1230. The van der Waals surface area contributed by atoms with Crippen molar-refractivity contribution in [3.63, 3.8) is 0 Å². The van der Waals surface area contributed by atoms with Gasteiger partial charge in [-0.3, -0.25) is 4.98 Å². The van der Waals surface area contributed by atoms with Crippen LogP contribution in [0.1, 0.15) is 22.6 Å². The van der Waals surface area contributed by atoms with Crippen molar-refractivity contribution in [1.82, 2.24) is 20.1 Å². The van der Waals surface area contributed by atoms with Crippen LogP contribution in [0.15, 0.2) is 122 Å². The molecule has 1 N–H and O–H groups in total. The molecule has 0 spiro atoms. The van der Waals surface area contributed by atoms with Crippen LogP contribution < -0.4 is 5.32 Å². The van der Waals surface area contributed by atoms with E-state index in [0.29, 0.717) is 0 Å². The molecule has 5 rings (SSSR count). The van der Waals surface area contributed by atoms with Gasteiger partial charge in [-0.1, -0.05) is 78.9 Å². The Hall–Kier alpha value is -4.02. The first kappa shape index (κ1) is 20.9. The largest absolute Gasteiger partial charge is 0.312 e. The summed E-state index contributed by atoms with van der Waals surface area (Å²) in [6.45, 7) is 1.56. The second-order valence-electron chi connectivity index (χ2n) is 8.02. The van der Waals surface area contributed by atoms with Crippen LogP contribution in [0.5, 0.6) is 0 Å². The molecular formula is C29H26N4. The Morgan fingerprint density at radius 2 is 1.27 bits per heavy atom. The average Bonchev–Trinajstić information content (AvgIpc) is 3.33. The monoisotopic (exact) mass is 430 g/mol. The molecule has 0 aliphatic carbocycles. The SMILES string of the molecule is c1ccc(C(CNCc2cn(-c3ccccc3)nc2-c2ccncc2)c2ccccc2)cc1.